The van der Waals surface area contributed by atoms with E-state index < -0.39 is 5.91 Å². The van der Waals surface area contributed by atoms with Crippen LogP contribution in [0.15, 0.2) is 23.2 Å². The molecule has 8 heteroatoms. The van der Waals surface area contributed by atoms with E-state index in [-0.39, 0.29) is 30.0 Å². The van der Waals surface area contributed by atoms with Crippen molar-refractivity contribution in [2.75, 3.05) is 11.9 Å². The Hall–Kier alpha value is -2.77. The van der Waals surface area contributed by atoms with Crippen LogP contribution in [-0.2, 0) is 16.0 Å². The van der Waals surface area contributed by atoms with Gasteiger partial charge in [-0.25, -0.2) is 0 Å². The van der Waals surface area contributed by atoms with Crippen molar-refractivity contribution >= 4 is 23.5 Å². The molecule has 0 fully saturated rings. The number of nitrogens with two attached hydrogens (primary N) is 3. The number of nitrogens with zero attached hydrogens (tertiary/aromatic N) is 1. The molecule has 0 saturated heterocycles. The minimum absolute atomic E-state index is 0.0351. The Kier molecular flexibility index (Phi) is 6.85. The van der Waals surface area contributed by atoms with Crippen molar-refractivity contribution in [1.82, 2.24) is 0 Å². The number of anilines is 1. The second-order valence-electron chi connectivity index (χ2n) is 5.33. The van der Waals surface area contributed by atoms with Crippen LogP contribution in [-0.4, -0.2) is 29.4 Å². The number of amides is 2. The summed E-state index contributed by atoms with van der Waals surface area (Å²) in [6, 6.07) is 4.51. The molecule has 0 saturated carbocycles. The van der Waals surface area contributed by atoms with Gasteiger partial charge in [0.05, 0.1) is 6.42 Å². The van der Waals surface area contributed by atoms with Crippen LogP contribution in [0.2, 0.25) is 0 Å². The first-order valence-corrected chi connectivity index (χ1v) is 7.26. The first kappa shape index (κ1) is 18.3. The topological polar surface area (TPSA) is 157 Å². The van der Waals surface area contributed by atoms with E-state index in [9.17, 15) is 14.7 Å². The van der Waals surface area contributed by atoms with Crippen LogP contribution in [0.5, 0.6) is 5.75 Å². The molecule has 0 aliphatic heterocycles. The zero-order valence-electron chi connectivity index (χ0n) is 13.1. The third-order valence-electron chi connectivity index (χ3n) is 3.25. The normalized spacial score (nSPS) is 11.5. The molecule has 0 spiro atoms. The highest BCUT2D eigenvalue weighted by atomic mass is 16.3. The third-order valence-corrected chi connectivity index (χ3v) is 3.25. The van der Waals surface area contributed by atoms with Crippen LogP contribution < -0.4 is 22.5 Å². The summed E-state index contributed by atoms with van der Waals surface area (Å²) < 4.78 is 0. The highest BCUT2D eigenvalue weighted by molar-refractivity contribution is 5.92. The van der Waals surface area contributed by atoms with Crippen molar-refractivity contribution in [2.45, 2.75) is 26.2 Å². The molecule has 1 aromatic rings. The van der Waals surface area contributed by atoms with Crippen LogP contribution in [0.3, 0.4) is 0 Å². The van der Waals surface area contributed by atoms with Crippen LogP contribution in [0, 0.1) is 5.92 Å². The van der Waals surface area contributed by atoms with Gasteiger partial charge < -0.3 is 27.6 Å². The molecule has 0 heterocycles. The predicted molar refractivity (Wildman–Crippen MR) is 88.7 cm³/mol. The van der Waals surface area contributed by atoms with E-state index in [1.807, 2.05) is 0 Å². The Bertz CT molecular complexity index is 597. The minimum atomic E-state index is -0.558. The molecule has 0 unspecified atom stereocenters. The lowest BCUT2D eigenvalue weighted by molar-refractivity contribution is -0.119. The van der Waals surface area contributed by atoms with Crippen molar-refractivity contribution < 1.29 is 14.7 Å². The Labute approximate surface area is 134 Å². The fraction of sp³-hybridized carbons (Fsp3) is 0.400. The van der Waals surface area contributed by atoms with E-state index in [1.165, 1.54) is 12.1 Å². The average Bonchev–Trinajstić information content (AvgIpc) is 2.46. The molecule has 23 heavy (non-hydrogen) atoms. The van der Waals surface area contributed by atoms with Crippen LogP contribution in [0.4, 0.5) is 5.69 Å². The monoisotopic (exact) mass is 321 g/mol. The highest BCUT2D eigenvalue weighted by Crippen LogP contribution is 2.22. The molecule has 0 aliphatic carbocycles. The minimum Gasteiger partial charge on any atom is -0.508 e. The van der Waals surface area contributed by atoms with Gasteiger partial charge in [-0.1, -0.05) is 6.92 Å². The first-order valence-electron chi connectivity index (χ1n) is 7.26. The molecule has 0 radical (unpaired) electrons. The van der Waals surface area contributed by atoms with E-state index in [0.717, 1.165) is 0 Å². The van der Waals surface area contributed by atoms with Crippen molar-refractivity contribution in [3.8, 4) is 5.75 Å². The Balaban J connectivity index is 2.59. The second-order valence-corrected chi connectivity index (χ2v) is 5.33. The molecular weight excluding hydrogens is 298 g/mol. The molecular formula is C15H23N5O3. The van der Waals surface area contributed by atoms with Gasteiger partial charge in [0.15, 0.2) is 5.96 Å². The number of carbonyl (C=O) groups excluding carboxylic acids is 2. The summed E-state index contributed by atoms with van der Waals surface area (Å²) >= 11 is 0. The maximum Gasteiger partial charge on any atom is 0.227 e. The number of aliphatic imine (C=N–C) groups is 1. The van der Waals surface area contributed by atoms with Crippen molar-refractivity contribution in [2.24, 2.45) is 28.1 Å². The molecule has 126 valence electrons. The van der Waals surface area contributed by atoms with Crippen molar-refractivity contribution in [3.05, 3.63) is 23.8 Å². The fourth-order valence-electron chi connectivity index (χ4n) is 1.99. The molecule has 8 nitrogen and oxygen atoms in total. The number of guanidine groups is 1. The number of hydrogen-bond acceptors (Lipinski definition) is 4. The van der Waals surface area contributed by atoms with E-state index >= 15 is 0 Å². The lowest BCUT2D eigenvalue weighted by Crippen LogP contribution is -2.23. The summed E-state index contributed by atoms with van der Waals surface area (Å²) in [4.78, 5) is 26.9. The lowest BCUT2D eigenvalue weighted by atomic mass is 10.0. The van der Waals surface area contributed by atoms with Gasteiger partial charge in [0, 0.05) is 23.7 Å². The fourth-order valence-corrected chi connectivity index (χ4v) is 1.99. The number of hydrogen-bond donors (Lipinski definition) is 5. The standard InChI is InChI=1S/C15H23N5O3/c1-9(3-2-6-19-15(17)18)14(23)20-11-4-5-12(21)10(7-11)8-13(16)22/h4-5,7,9,21H,2-3,6,8H2,1H3,(H2,16,22)(H,20,23)(H4,17,18,19)/t9-/m1/s1. The number of primary amides is 1. The van der Waals surface area contributed by atoms with Crippen molar-refractivity contribution in [3.63, 3.8) is 0 Å². The Morgan fingerprint density at radius 2 is 2.00 bits per heavy atom. The SMILES string of the molecule is C[C@H](CCCN=C(N)N)C(=O)Nc1ccc(O)c(CC(N)=O)c1. The van der Waals surface area contributed by atoms with Crippen LogP contribution >= 0.6 is 0 Å². The summed E-state index contributed by atoms with van der Waals surface area (Å²) in [5.74, 6) is -0.944. The summed E-state index contributed by atoms with van der Waals surface area (Å²) in [7, 11) is 0. The van der Waals surface area contributed by atoms with E-state index in [2.05, 4.69) is 10.3 Å². The maximum absolute atomic E-state index is 12.1. The van der Waals surface area contributed by atoms with Gasteiger partial charge in [-0.05, 0) is 31.0 Å². The van der Waals surface area contributed by atoms with Crippen LogP contribution in [0.1, 0.15) is 25.3 Å². The molecule has 8 N–H and O–H groups in total. The van der Waals surface area contributed by atoms with Crippen molar-refractivity contribution in [1.29, 1.82) is 0 Å². The number of phenols is 1. The number of nitrogens with one attached hydrogen (secondary N) is 1. The number of carbonyl (C=O) groups is 2. The molecule has 0 aromatic heterocycles. The largest absolute Gasteiger partial charge is 0.508 e. The molecule has 0 aliphatic rings. The number of benzene rings is 1. The van der Waals surface area contributed by atoms with Gasteiger partial charge >= 0.3 is 0 Å². The molecule has 1 atom stereocenters. The van der Waals surface area contributed by atoms with Gasteiger partial charge in [0.2, 0.25) is 11.8 Å². The Morgan fingerprint density at radius 3 is 2.61 bits per heavy atom. The quantitative estimate of drug-likeness (QED) is 0.198. The van der Waals surface area contributed by atoms with Gasteiger partial charge in [-0.15, -0.1) is 0 Å². The summed E-state index contributed by atoms with van der Waals surface area (Å²) in [6.07, 6.45) is 1.23. The zero-order chi connectivity index (χ0) is 17.4. The predicted octanol–water partition coefficient (Wildman–Crippen LogP) is 0.0482. The average molecular weight is 321 g/mol. The van der Waals surface area contributed by atoms with E-state index in [0.29, 0.717) is 30.6 Å². The van der Waals surface area contributed by atoms with E-state index in [4.69, 9.17) is 17.2 Å². The van der Waals surface area contributed by atoms with Gasteiger partial charge in [-0.2, -0.15) is 0 Å². The first-order chi connectivity index (χ1) is 10.8. The highest BCUT2D eigenvalue weighted by Gasteiger charge is 2.14. The number of aromatic hydroxyl groups is 1. The maximum atomic E-state index is 12.1. The summed E-state index contributed by atoms with van der Waals surface area (Å²) in [5, 5.41) is 12.4. The van der Waals surface area contributed by atoms with Gasteiger partial charge in [-0.3, -0.25) is 14.6 Å². The van der Waals surface area contributed by atoms with E-state index in [1.54, 1.807) is 13.0 Å². The lowest BCUT2D eigenvalue weighted by Gasteiger charge is -2.13. The summed E-state index contributed by atoms with van der Waals surface area (Å²) in [5.41, 5.74) is 16.4. The molecule has 1 aromatic carbocycles. The van der Waals surface area contributed by atoms with Gasteiger partial charge in [0.1, 0.15) is 5.75 Å². The summed E-state index contributed by atoms with van der Waals surface area (Å²) in [6.45, 7) is 2.28. The molecule has 2 amide bonds. The third kappa shape index (κ3) is 6.68. The molecule has 1 rings (SSSR count). The zero-order valence-corrected chi connectivity index (χ0v) is 13.1. The number of rotatable bonds is 8. The smallest absolute Gasteiger partial charge is 0.227 e. The van der Waals surface area contributed by atoms with Gasteiger partial charge in [0.25, 0.3) is 0 Å². The second kappa shape index (κ2) is 8.62. The molecule has 0 bridgehead atoms. The van der Waals surface area contributed by atoms with Crippen LogP contribution in [0.25, 0.3) is 0 Å². The number of phenolic OH excluding ortho intramolecular Hbond substituents is 1. The Morgan fingerprint density at radius 1 is 1.30 bits per heavy atom.